The Hall–Kier alpha value is -2.54. The van der Waals surface area contributed by atoms with Gasteiger partial charge in [-0.15, -0.1) is 0 Å². The van der Waals surface area contributed by atoms with E-state index in [1.165, 1.54) is 0 Å². The van der Waals surface area contributed by atoms with Crippen LogP contribution in [0.3, 0.4) is 0 Å². The van der Waals surface area contributed by atoms with Gasteiger partial charge in [-0.25, -0.2) is 14.4 Å². The van der Waals surface area contributed by atoms with Crippen LogP contribution in [-0.4, -0.2) is 9.97 Å². The van der Waals surface area contributed by atoms with Gasteiger partial charge in [0.25, 0.3) is 0 Å². The highest BCUT2D eigenvalue weighted by Crippen LogP contribution is 2.34. The second kappa shape index (κ2) is 5.58. The first kappa shape index (κ1) is 15.4. The van der Waals surface area contributed by atoms with Crippen LogP contribution >= 0.6 is 0 Å². The standard InChI is InChI=1S/C16H11F4N3/c17-12-7-9(16(18,19)20)5-6-10(12)15-11-3-1-2-4-13(11)22-14(8-21)23-15/h1-7H,8,21H2. The summed E-state index contributed by atoms with van der Waals surface area (Å²) in [5, 5.41) is 0.545. The molecule has 0 fully saturated rings. The summed E-state index contributed by atoms with van der Waals surface area (Å²) in [7, 11) is 0. The summed E-state index contributed by atoms with van der Waals surface area (Å²) >= 11 is 0. The van der Waals surface area contributed by atoms with Gasteiger partial charge in [-0.2, -0.15) is 13.2 Å². The fourth-order valence-electron chi connectivity index (χ4n) is 2.30. The predicted octanol–water partition coefficient (Wildman–Crippen LogP) is 3.91. The van der Waals surface area contributed by atoms with Crippen molar-refractivity contribution in [2.75, 3.05) is 0 Å². The number of rotatable bonds is 2. The zero-order valence-corrected chi connectivity index (χ0v) is 11.7. The van der Waals surface area contributed by atoms with Gasteiger partial charge in [0, 0.05) is 10.9 Å². The van der Waals surface area contributed by atoms with Crippen molar-refractivity contribution in [3.05, 3.63) is 59.7 Å². The van der Waals surface area contributed by atoms with E-state index in [4.69, 9.17) is 5.73 Å². The minimum atomic E-state index is -4.60. The molecule has 2 N–H and O–H groups in total. The molecule has 3 aromatic rings. The first-order chi connectivity index (χ1) is 10.9. The van der Waals surface area contributed by atoms with E-state index in [-0.39, 0.29) is 23.6 Å². The van der Waals surface area contributed by atoms with E-state index in [9.17, 15) is 17.6 Å². The number of alkyl halides is 3. The summed E-state index contributed by atoms with van der Waals surface area (Å²) < 4.78 is 52.2. The van der Waals surface area contributed by atoms with E-state index in [2.05, 4.69) is 9.97 Å². The maximum absolute atomic E-state index is 14.2. The number of hydrogen-bond donors (Lipinski definition) is 1. The highest BCUT2D eigenvalue weighted by Gasteiger charge is 2.31. The third-order valence-corrected chi connectivity index (χ3v) is 3.38. The molecule has 0 amide bonds. The Morgan fingerprint density at radius 3 is 2.39 bits per heavy atom. The molecular formula is C16H11F4N3. The Balaban J connectivity index is 2.24. The first-order valence-electron chi connectivity index (χ1n) is 6.73. The lowest BCUT2D eigenvalue weighted by Crippen LogP contribution is -2.07. The van der Waals surface area contributed by atoms with Crippen LogP contribution in [0.1, 0.15) is 11.4 Å². The van der Waals surface area contributed by atoms with E-state index >= 15 is 0 Å². The van der Waals surface area contributed by atoms with Crippen molar-refractivity contribution < 1.29 is 17.6 Å². The molecule has 1 aromatic heterocycles. The number of nitrogens with two attached hydrogens (primary N) is 1. The lowest BCUT2D eigenvalue weighted by molar-refractivity contribution is -0.137. The lowest BCUT2D eigenvalue weighted by atomic mass is 10.0. The number of para-hydroxylation sites is 1. The van der Waals surface area contributed by atoms with Gasteiger partial charge >= 0.3 is 6.18 Å². The Bertz CT molecular complexity index is 875. The number of fused-ring (bicyclic) bond motifs is 1. The molecule has 2 aromatic carbocycles. The van der Waals surface area contributed by atoms with Gasteiger partial charge in [0.2, 0.25) is 0 Å². The van der Waals surface area contributed by atoms with Crippen molar-refractivity contribution in [1.29, 1.82) is 0 Å². The lowest BCUT2D eigenvalue weighted by Gasteiger charge is -2.11. The Morgan fingerprint density at radius 2 is 1.74 bits per heavy atom. The maximum atomic E-state index is 14.2. The zero-order valence-electron chi connectivity index (χ0n) is 11.7. The molecule has 23 heavy (non-hydrogen) atoms. The second-order valence-corrected chi connectivity index (χ2v) is 4.90. The molecule has 118 valence electrons. The predicted molar refractivity (Wildman–Crippen MR) is 77.8 cm³/mol. The number of halogens is 4. The van der Waals surface area contributed by atoms with Crippen LogP contribution in [0.25, 0.3) is 22.2 Å². The average Bonchev–Trinajstić information content (AvgIpc) is 2.53. The molecular weight excluding hydrogens is 310 g/mol. The highest BCUT2D eigenvalue weighted by molar-refractivity contribution is 5.92. The molecule has 0 aliphatic rings. The van der Waals surface area contributed by atoms with Crippen molar-refractivity contribution in [1.82, 2.24) is 9.97 Å². The molecule has 0 spiro atoms. The fraction of sp³-hybridized carbons (Fsp3) is 0.125. The van der Waals surface area contributed by atoms with Gasteiger partial charge < -0.3 is 5.73 Å². The number of nitrogens with zero attached hydrogens (tertiary/aromatic N) is 2. The number of aromatic nitrogens is 2. The minimum Gasteiger partial charge on any atom is -0.324 e. The van der Waals surface area contributed by atoms with E-state index in [0.717, 1.165) is 12.1 Å². The van der Waals surface area contributed by atoms with Crippen LogP contribution in [0, 0.1) is 5.82 Å². The first-order valence-corrected chi connectivity index (χ1v) is 6.73. The van der Waals surface area contributed by atoms with Gasteiger partial charge in [0.1, 0.15) is 11.6 Å². The van der Waals surface area contributed by atoms with Crippen LogP contribution in [-0.2, 0) is 12.7 Å². The van der Waals surface area contributed by atoms with Crippen LogP contribution in [0.5, 0.6) is 0 Å². The molecule has 3 rings (SSSR count). The van der Waals surface area contributed by atoms with Crippen LogP contribution in [0.2, 0.25) is 0 Å². The quantitative estimate of drug-likeness (QED) is 0.728. The molecule has 0 aliphatic carbocycles. The van der Waals surface area contributed by atoms with E-state index in [1.807, 2.05) is 0 Å². The Labute approximate surface area is 128 Å². The molecule has 0 bridgehead atoms. The maximum Gasteiger partial charge on any atom is 0.416 e. The molecule has 0 unspecified atom stereocenters. The smallest absolute Gasteiger partial charge is 0.324 e. The molecule has 1 heterocycles. The largest absolute Gasteiger partial charge is 0.416 e. The molecule has 0 saturated heterocycles. The van der Waals surface area contributed by atoms with Crippen LogP contribution in [0.15, 0.2) is 42.5 Å². The second-order valence-electron chi connectivity index (χ2n) is 4.90. The van der Waals surface area contributed by atoms with Crippen molar-refractivity contribution >= 4 is 10.9 Å². The average molecular weight is 321 g/mol. The minimum absolute atomic E-state index is 0.0219. The third-order valence-electron chi connectivity index (χ3n) is 3.38. The van der Waals surface area contributed by atoms with Gasteiger partial charge in [0.05, 0.1) is 23.3 Å². The van der Waals surface area contributed by atoms with Crippen LogP contribution < -0.4 is 5.73 Å². The highest BCUT2D eigenvalue weighted by atomic mass is 19.4. The van der Waals surface area contributed by atoms with Gasteiger partial charge in [0.15, 0.2) is 0 Å². The van der Waals surface area contributed by atoms with Crippen molar-refractivity contribution in [3.63, 3.8) is 0 Å². The summed E-state index contributed by atoms with van der Waals surface area (Å²) in [4.78, 5) is 8.41. The van der Waals surface area contributed by atoms with Crippen molar-refractivity contribution in [2.45, 2.75) is 12.7 Å². The summed E-state index contributed by atoms with van der Waals surface area (Å²) in [6.07, 6.45) is -4.60. The van der Waals surface area contributed by atoms with Gasteiger partial charge in [-0.05, 0) is 24.3 Å². The number of benzene rings is 2. The topological polar surface area (TPSA) is 51.8 Å². The SMILES string of the molecule is NCc1nc(-c2ccc(C(F)(F)F)cc2F)c2ccccc2n1. The molecule has 0 saturated carbocycles. The number of hydrogen-bond acceptors (Lipinski definition) is 3. The molecule has 0 atom stereocenters. The summed E-state index contributed by atoms with van der Waals surface area (Å²) in [5.74, 6) is -0.704. The van der Waals surface area contributed by atoms with E-state index in [1.54, 1.807) is 24.3 Å². The zero-order chi connectivity index (χ0) is 16.6. The van der Waals surface area contributed by atoms with Crippen LogP contribution in [0.4, 0.5) is 17.6 Å². The normalized spacial score (nSPS) is 11.9. The van der Waals surface area contributed by atoms with E-state index in [0.29, 0.717) is 17.0 Å². The molecule has 7 heteroatoms. The van der Waals surface area contributed by atoms with Crippen molar-refractivity contribution in [2.24, 2.45) is 5.73 Å². The molecule has 3 nitrogen and oxygen atoms in total. The summed E-state index contributed by atoms with van der Waals surface area (Å²) in [5.41, 5.74) is 5.25. The fourth-order valence-corrected chi connectivity index (χ4v) is 2.30. The molecule has 0 aliphatic heterocycles. The third kappa shape index (κ3) is 2.87. The van der Waals surface area contributed by atoms with Crippen molar-refractivity contribution in [3.8, 4) is 11.3 Å². The van der Waals surface area contributed by atoms with Gasteiger partial charge in [-0.3, -0.25) is 0 Å². The summed E-state index contributed by atoms with van der Waals surface area (Å²) in [6, 6.07) is 9.24. The monoisotopic (exact) mass is 321 g/mol. The summed E-state index contributed by atoms with van der Waals surface area (Å²) in [6.45, 7) is 0.0418. The Kier molecular flexibility index (Phi) is 3.73. The van der Waals surface area contributed by atoms with Gasteiger partial charge in [-0.1, -0.05) is 18.2 Å². The van der Waals surface area contributed by atoms with E-state index < -0.39 is 17.6 Å². The Morgan fingerprint density at radius 1 is 1.00 bits per heavy atom. The molecule has 0 radical (unpaired) electrons.